The van der Waals surface area contributed by atoms with Gasteiger partial charge in [-0.1, -0.05) is 11.6 Å². The Morgan fingerprint density at radius 2 is 1.92 bits per heavy atom. The monoisotopic (exact) mass is 218 g/mol. The molecule has 0 atom stereocenters. The first-order chi connectivity index (χ1) is 6.18. The van der Waals surface area contributed by atoms with Gasteiger partial charge in [0.1, 0.15) is 5.75 Å². The van der Waals surface area contributed by atoms with Crippen molar-refractivity contribution >= 4 is 28.4 Å². The molecule has 0 aliphatic heterocycles. The Kier molecular flexibility index (Phi) is 4.06. The summed E-state index contributed by atoms with van der Waals surface area (Å²) >= 11 is 10.8. The van der Waals surface area contributed by atoms with Crippen LogP contribution in [0.5, 0.6) is 5.75 Å². The zero-order valence-electron chi connectivity index (χ0n) is 6.80. The maximum absolute atomic E-state index is 10.4. The van der Waals surface area contributed by atoms with Gasteiger partial charge in [-0.05, 0) is 35.9 Å². The lowest BCUT2D eigenvalue weighted by atomic mass is 10.3. The molecule has 1 aromatic rings. The first-order valence-corrected chi connectivity index (χ1v) is 4.51. The summed E-state index contributed by atoms with van der Waals surface area (Å²) in [7, 11) is 0. The molecule has 0 saturated heterocycles. The number of hydrogen-bond donors (Lipinski definition) is 0. The number of hydrogen-bond acceptors (Lipinski definition) is 2. The summed E-state index contributed by atoms with van der Waals surface area (Å²) < 4.78 is 5.21. The van der Waals surface area contributed by atoms with Crippen molar-refractivity contribution in [3.8, 4) is 5.75 Å². The fourth-order valence-corrected chi connectivity index (χ4v) is 0.983. The van der Waals surface area contributed by atoms with Crippen molar-refractivity contribution in [3.63, 3.8) is 0 Å². The highest BCUT2D eigenvalue weighted by atomic mass is 35.5. The molecule has 0 saturated carbocycles. The molecule has 0 heterocycles. The second-order valence-electron chi connectivity index (χ2n) is 2.41. The van der Waals surface area contributed by atoms with Crippen molar-refractivity contribution in [2.45, 2.75) is 6.42 Å². The van der Waals surface area contributed by atoms with E-state index in [2.05, 4.69) is 0 Å². The molecule has 0 aliphatic carbocycles. The van der Waals surface area contributed by atoms with Crippen LogP contribution < -0.4 is 4.74 Å². The van der Waals surface area contributed by atoms with Crippen LogP contribution in [-0.4, -0.2) is 11.8 Å². The Labute approximate surface area is 86.4 Å². The van der Waals surface area contributed by atoms with Gasteiger partial charge in [0.15, 0.2) is 0 Å². The molecular weight excluding hydrogens is 211 g/mol. The van der Waals surface area contributed by atoms with E-state index >= 15 is 0 Å². The highest BCUT2D eigenvalue weighted by Gasteiger charge is 1.97. The van der Waals surface area contributed by atoms with Crippen LogP contribution in [0.3, 0.4) is 0 Å². The Morgan fingerprint density at radius 3 is 2.46 bits per heavy atom. The number of ether oxygens (including phenoxy) is 1. The average molecular weight is 219 g/mol. The molecule has 1 rings (SSSR count). The molecule has 1 aromatic carbocycles. The van der Waals surface area contributed by atoms with Crippen molar-refractivity contribution in [3.05, 3.63) is 29.3 Å². The lowest BCUT2D eigenvalue weighted by Crippen LogP contribution is -2.00. The minimum Gasteiger partial charge on any atom is -0.493 e. The zero-order chi connectivity index (χ0) is 9.68. The minimum absolute atomic E-state index is 0.212. The molecule has 2 nitrogen and oxygen atoms in total. The van der Waals surface area contributed by atoms with E-state index in [0.29, 0.717) is 17.4 Å². The maximum Gasteiger partial charge on any atom is 0.225 e. The fourth-order valence-electron chi connectivity index (χ4n) is 0.780. The van der Waals surface area contributed by atoms with E-state index in [1.54, 1.807) is 24.3 Å². The Hall–Kier alpha value is -0.730. The first kappa shape index (κ1) is 10.4. The van der Waals surface area contributed by atoms with E-state index in [1.807, 2.05) is 0 Å². The molecule has 0 aromatic heterocycles. The van der Waals surface area contributed by atoms with Crippen LogP contribution >= 0.6 is 23.2 Å². The van der Waals surface area contributed by atoms with Crippen LogP contribution in [0.25, 0.3) is 0 Å². The van der Waals surface area contributed by atoms with E-state index in [-0.39, 0.29) is 6.42 Å². The minimum atomic E-state index is -0.394. The predicted molar refractivity (Wildman–Crippen MR) is 52.4 cm³/mol. The molecule has 0 unspecified atom stereocenters. The van der Waals surface area contributed by atoms with E-state index < -0.39 is 5.24 Å². The number of halogens is 2. The normalized spacial score (nSPS) is 9.69. The van der Waals surface area contributed by atoms with Gasteiger partial charge in [0, 0.05) is 5.02 Å². The third-order valence-corrected chi connectivity index (χ3v) is 1.82. The summed E-state index contributed by atoms with van der Waals surface area (Å²) in [5, 5.41) is 0.259. The lowest BCUT2D eigenvalue weighted by molar-refractivity contribution is -0.112. The van der Waals surface area contributed by atoms with Gasteiger partial charge in [0.05, 0.1) is 13.0 Å². The van der Waals surface area contributed by atoms with E-state index in [1.165, 1.54) is 0 Å². The standard InChI is InChI=1S/C9H8Cl2O2/c10-7-1-3-8(4-2-7)13-6-5-9(11)12/h1-4H,5-6H2. The number of benzene rings is 1. The quantitative estimate of drug-likeness (QED) is 0.727. The summed E-state index contributed by atoms with van der Waals surface area (Å²) in [6.07, 6.45) is 0.212. The second kappa shape index (κ2) is 5.10. The summed E-state index contributed by atoms with van der Waals surface area (Å²) in [6.45, 7) is 0.296. The van der Waals surface area contributed by atoms with Crippen molar-refractivity contribution < 1.29 is 9.53 Å². The predicted octanol–water partition coefficient (Wildman–Crippen LogP) is 2.87. The fraction of sp³-hybridized carbons (Fsp3) is 0.222. The Bertz CT molecular complexity index is 282. The molecule has 0 amide bonds. The lowest BCUT2D eigenvalue weighted by Gasteiger charge is -2.03. The third-order valence-electron chi connectivity index (χ3n) is 1.38. The van der Waals surface area contributed by atoms with Crippen molar-refractivity contribution in [1.82, 2.24) is 0 Å². The van der Waals surface area contributed by atoms with E-state index in [4.69, 9.17) is 27.9 Å². The van der Waals surface area contributed by atoms with Crippen LogP contribution in [0.1, 0.15) is 6.42 Å². The van der Waals surface area contributed by atoms with Crippen LogP contribution in [0.2, 0.25) is 5.02 Å². The van der Waals surface area contributed by atoms with E-state index in [9.17, 15) is 4.79 Å². The molecule has 4 heteroatoms. The summed E-state index contributed by atoms with van der Waals surface area (Å²) in [5.41, 5.74) is 0. The SMILES string of the molecule is O=C(Cl)CCOc1ccc(Cl)cc1. The molecule has 0 aliphatic rings. The molecule has 0 radical (unpaired) electrons. The highest BCUT2D eigenvalue weighted by Crippen LogP contribution is 2.15. The van der Waals surface area contributed by atoms with Crippen LogP contribution in [0, 0.1) is 0 Å². The summed E-state index contributed by atoms with van der Waals surface area (Å²) in [6, 6.07) is 6.92. The number of carbonyl (C=O) groups is 1. The summed E-state index contributed by atoms with van der Waals surface area (Å²) in [5.74, 6) is 0.683. The molecule has 0 N–H and O–H groups in total. The smallest absolute Gasteiger partial charge is 0.225 e. The number of rotatable bonds is 4. The van der Waals surface area contributed by atoms with Crippen LogP contribution in [-0.2, 0) is 4.79 Å². The zero-order valence-corrected chi connectivity index (χ0v) is 8.31. The van der Waals surface area contributed by atoms with Crippen LogP contribution in [0.4, 0.5) is 0 Å². The van der Waals surface area contributed by atoms with Gasteiger partial charge in [-0.3, -0.25) is 4.79 Å². The highest BCUT2D eigenvalue weighted by molar-refractivity contribution is 6.63. The number of carbonyl (C=O) groups excluding carboxylic acids is 1. The van der Waals surface area contributed by atoms with Gasteiger partial charge in [-0.25, -0.2) is 0 Å². The van der Waals surface area contributed by atoms with Crippen molar-refractivity contribution in [1.29, 1.82) is 0 Å². The molecule has 0 bridgehead atoms. The maximum atomic E-state index is 10.4. The van der Waals surface area contributed by atoms with E-state index in [0.717, 1.165) is 0 Å². The molecular formula is C9H8Cl2O2. The molecule has 0 fully saturated rings. The second-order valence-corrected chi connectivity index (χ2v) is 3.27. The molecule has 13 heavy (non-hydrogen) atoms. The molecule has 0 spiro atoms. The van der Waals surface area contributed by atoms with Gasteiger partial charge < -0.3 is 4.74 Å². The Morgan fingerprint density at radius 1 is 1.31 bits per heavy atom. The Balaban J connectivity index is 2.37. The first-order valence-electron chi connectivity index (χ1n) is 3.75. The van der Waals surface area contributed by atoms with Gasteiger partial charge in [0.2, 0.25) is 5.24 Å². The van der Waals surface area contributed by atoms with Gasteiger partial charge in [-0.2, -0.15) is 0 Å². The topological polar surface area (TPSA) is 26.3 Å². The molecule has 70 valence electrons. The largest absolute Gasteiger partial charge is 0.493 e. The van der Waals surface area contributed by atoms with Crippen molar-refractivity contribution in [2.24, 2.45) is 0 Å². The van der Waals surface area contributed by atoms with Gasteiger partial charge in [0.25, 0.3) is 0 Å². The summed E-state index contributed by atoms with van der Waals surface area (Å²) in [4.78, 5) is 10.4. The van der Waals surface area contributed by atoms with Gasteiger partial charge in [-0.15, -0.1) is 0 Å². The van der Waals surface area contributed by atoms with Crippen molar-refractivity contribution in [2.75, 3.05) is 6.61 Å². The third kappa shape index (κ3) is 4.15. The average Bonchev–Trinajstić information content (AvgIpc) is 2.08. The van der Waals surface area contributed by atoms with Crippen LogP contribution in [0.15, 0.2) is 24.3 Å². The van der Waals surface area contributed by atoms with Gasteiger partial charge >= 0.3 is 0 Å².